The molecule has 2 aliphatic rings. The summed E-state index contributed by atoms with van der Waals surface area (Å²) in [6, 6.07) is 7.67. The minimum atomic E-state index is -4.42. The molecule has 0 aromatic carbocycles. The lowest BCUT2D eigenvalue weighted by Crippen LogP contribution is -2.47. The number of rotatable bonds is 6. The molecular weight excluding hydrogens is 518 g/mol. The Hall–Kier alpha value is -1.26. The van der Waals surface area contributed by atoms with E-state index in [1.165, 1.54) is 19.0 Å². The van der Waals surface area contributed by atoms with Gasteiger partial charge in [0.15, 0.2) is 5.69 Å². The Balaban J connectivity index is 1.42. The minimum absolute atomic E-state index is 0.0246. The predicted molar refractivity (Wildman–Crippen MR) is 121 cm³/mol. The summed E-state index contributed by atoms with van der Waals surface area (Å²) in [5, 5.41) is 3.41. The van der Waals surface area contributed by atoms with Crippen molar-refractivity contribution in [3.8, 4) is 0 Å². The monoisotopic (exact) mass is 545 g/mol. The average Bonchev–Trinajstić information content (AvgIpc) is 3.18. The van der Waals surface area contributed by atoms with Crippen LogP contribution in [0.3, 0.4) is 0 Å². The van der Waals surface area contributed by atoms with Crippen molar-refractivity contribution in [1.82, 2.24) is 15.3 Å². The fraction of sp³-hybridized carbons (Fsp3) is 0.565. The van der Waals surface area contributed by atoms with E-state index in [-0.39, 0.29) is 14.6 Å². The zero-order valence-corrected chi connectivity index (χ0v) is 19.5. The zero-order valence-electron chi connectivity index (χ0n) is 17.3. The van der Waals surface area contributed by atoms with E-state index in [4.69, 9.17) is 9.72 Å². The largest absolute Gasteiger partial charge is 0.434 e. The van der Waals surface area contributed by atoms with Gasteiger partial charge in [-0.15, -0.1) is 0 Å². The third-order valence-electron chi connectivity index (χ3n) is 6.65. The number of halogens is 4. The van der Waals surface area contributed by atoms with Gasteiger partial charge in [-0.2, -0.15) is 13.2 Å². The quantitative estimate of drug-likeness (QED) is 0.377. The maximum absolute atomic E-state index is 12.9. The molecule has 1 saturated carbocycles. The highest BCUT2D eigenvalue weighted by molar-refractivity contribution is 14.1. The van der Waals surface area contributed by atoms with Gasteiger partial charge in [0.2, 0.25) is 0 Å². The summed E-state index contributed by atoms with van der Waals surface area (Å²) < 4.78 is 45.2. The van der Waals surface area contributed by atoms with Gasteiger partial charge in [0.05, 0.1) is 5.60 Å². The molecule has 1 spiro atoms. The number of nitrogens with zero attached hydrogens (tertiary/aromatic N) is 2. The highest BCUT2D eigenvalue weighted by Gasteiger charge is 2.48. The van der Waals surface area contributed by atoms with Crippen molar-refractivity contribution in [2.75, 3.05) is 13.2 Å². The lowest BCUT2D eigenvalue weighted by atomic mass is 9.68. The van der Waals surface area contributed by atoms with Gasteiger partial charge in [-0.1, -0.05) is 18.9 Å². The molecule has 31 heavy (non-hydrogen) atoms. The Morgan fingerprint density at radius 3 is 2.61 bits per heavy atom. The van der Waals surface area contributed by atoms with Gasteiger partial charge in [-0.05, 0) is 85.0 Å². The van der Waals surface area contributed by atoms with Crippen molar-refractivity contribution >= 4 is 22.6 Å². The number of hydrogen-bond acceptors (Lipinski definition) is 4. The molecule has 1 saturated heterocycles. The Labute approximate surface area is 194 Å². The normalized spacial score (nSPS) is 23.4. The lowest BCUT2D eigenvalue weighted by Gasteiger charge is -2.46. The maximum Gasteiger partial charge on any atom is 0.434 e. The van der Waals surface area contributed by atoms with Crippen molar-refractivity contribution in [1.29, 1.82) is 0 Å². The summed E-state index contributed by atoms with van der Waals surface area (Å²) in [5.41, 5.74) is 0.989. The number of ether oxygens (including phenoxy) is 1. The molecule has 1 N–H and O–H groups in total. The molecule has 1 aliphatic carbocycles. The molecule has 0 amide bonds. The van der Waals surface area contributed by atoms with Gasteiger partial charge in [-0.25, -0.2) is 0 Å². The van der Waals surface area contributed by atoms with Gasteiger partial charge >= 0.3 is 6.18 Å². The number of nitrogens with one attached hydrogen (secondary N) is 1. The Kier molecular flexibility index (Phi) is 6.88. The van der Waals surface area contributed by atoms with E-state index in [0.717, 1.165) is 56.5 Å². The van der Waals surface area contributed by atoms with Gasteiger partial charge < -0.3 is 10.1 Å². The van der Waals surface area contributed by atoms with Gasteiger partial charge in [-0.3, -0.25) is 9.97 Å². The first kappa shape index (κ1) is 22.9. The van der Waals surface area contributed by atoms with E-state index < -0.39 is 11.9 Å². The van der Waals surface area contributed by atoms with E-state index in [9.17, 15) is 13.2 Å². The van der Waals surface area contributed by atoms with E-state index in [2.05, 4.69) is 16.4 Å². The molecular formula is C23H27F3IN3O. The fourth-order valence-corrected chi connectivity index (χ4v) is 5.98. The molecule has 0 bridgehead atoms. The Bertz CT molecular complexity index is 887. The second-order valence-electron chi connectivity index (χ2n) is 8.76. The summed E-state index contributed by atoms with van der Waals surface area (Å²) >= 11 is 1.70. The molecule has 3 heterocycles. The van der Waals surface area contributed by atoms with Gasteiger partial charge in [0, 0.05) is 40.2 Å². The number of hydrogen-bond donors (Lipinski definition) is 1. The van der Waals surface area contributed by atoms with E-state index in [0.29, 0.717) is 6.54 Å². The van der Waals surface area contributed by atoms with Gasteiger partial charge in [0.1, 0.15) is 0 Å². The van der Waals surface area contributed by atoms with E-state index in [1.54, 1.807) is 28.7 Å². The summed E-state index contributed by atoms with van der Waals surface area (Å²) in [7, 11) is 0. The van der Waals surface area contributed by atoms with E-state index in [1.807, 2.05) is 18.3 Å². The van der Waals surface area contributed by atoms with Crippen molar-refractivity contribution in [3.63, 3.8) is 0 Å². The lowest BCUT2D eigenvalue weighted by molar-refractivity contribution is -0.141. The average molecular weight is 545 g/mol. The van der Waals surface area contributed by atoms with Crippen LogP contribution in [0.2, 0.25) is 0 Å². The molecule has 1 atom stereocenters. The van der Waals surface area contributed by atoms with Crippen molar-refractivity contribution in [2.24, 2.45) is 0 Å². The summed E-state index contributed by atoms with van der Waals surface area (Å²) in [5.74, 6) is 0. The van der Waals surface area contributed by atoms with Crippen LogP contribution in [0.25, 0.3) is 0 Å². The number of pyridine rings is 2. The summed E-state index contributed by atoms with van der Waals surface area (Å²) in [6.45, 7) is 1.99. The Morgan fingerprint density at radius 1 is 1.13 bits per heavy atom. The molecule has 2 aromatic heterocycles. The van der Waals surface area contributed by atoms with Crippen molar-refractivity contribution in [3.05, 3.63) is 57.2 Å². The van der Waals surface area contributed by atoms with Crippen molar-refractivity contribution < 1.29 is 17.9 Å². The first-order valence-electron chi connectivity index (χ1n) is 10.8. The third kappa shape index (κ3) is 5.22. The molecule has 0 radical (unpaired) electrons. The van der Waals surface area contributed by atoms with E-state index >= 15 is 0 Å². The van der Waals surface area contributed by atoms with Crippen LogP contribution in [0.15, 0.2) is 36.7 Å². The van der Waals surface area contributed by atoms with Crippen LogP contribution in [0.4, 0.5) is 13.2 Å². The minimum Gasteiger partial charge on any atom is -0.375 e. The molecule has 1 unspecified atom stereocenters. The molecule has 1 aliphatic heterocycles. The fourth-order valence-electron chi connectivity index (χ4n) is 5.14. The molecule has 4 nitrogen and oxygen atoms in total. The van der Waals surface area contributed by atoms with Crippen LogP contribution in [-0.2, 0) is 22.9 Å². The van der Waals surface area contributed by atoms with Crippen LogP contribution in [0.1, 0.15) is 61.9 Å². The summed E-state index contributed by atoms with van der Waals surface area (Å²) in [4.78, 5) is 8.34. The standard InChI is InChI=1S/C23H27F3IN3O/c24-23(25,26)20-18(27)13-17(15-30-20)14-28-11-8-21(19-5-1-4-10-29-19)9-12-31-22(16-21)6-2-3-7-22/h1,4-5,10,13,15,28H,2-3,6-9,11-12,14,16H2. The summed E-state index contributed by atoms with van der Waals surface area (Å²) in [6.07, 6.45) is 6.26. The van der Waals surface area contributed by atoms with Crippen LogP contribution in [0, 0.1) is 3.57 Å². The smallest absolute Gasteiger partial charge is 0.375 e. The first-order valence-corrected chi connectivity index (χ1v) is 11.9. The topological polar surface area (TPSA) is 47.0 Å². The second-order valence-corrected chi connectivity index (χ2v) is 9.92. The molecule has 2 fully saturated rings. The maximum atomic E-state index is 12.9. The van der Waals surface area contributed by atoms with Crippen LogP contribution in [-0.4, -0.2) is 28.7 Å². The molecule has 168 valence electrons. The van der Waals surface area contributed by atoms with Crippen molar-refractivity contribution in [2.45, 2.75) is 68.7 Å². The van der Waals surface area contributed by atoms with Crippen LogP contribution in [0.5, 0.6) is 0 Å². The number of alkyl halides is 3. The predicted octanol–water partition coefficient (Wildman–Crippen LogP) is 5.64. The zero-order chi connectivity index (χ0) is 22.0. The Morgan fingerprint density at radius 2 is 1.94 bits per heavy atom. The SMILES string of the molecule is FC(F)(F)c1ncc(CNCCC2(c3ccccn3)CCOC3(CCCC3)C2)cc1I. The first-order chi connectivity index (χ1) is 14.8. The highest BCUT2D eigenvalue weighted by atomic mass is 127. The molecule has 8 heteroatoms. The highest BCUT2D eigenvalue weighted by Crippen LogP contribution is 2.49. The molecule has 4 rings (SSSR count). The second kappa shape index (κ2) is 9.31. The van der Waals surface area contributed by atoms with Gasteiger partial charge in [0.25, 0.3) is 0 Å². The van der Waals surface area contributed by atoms with Crippen LogP contribution < -0.4 is 5.32 Å². The van der Waals surface area contributed by atoms with Crippen LogP contribution >= 0.6 is 22.6 Å². The molecule has 2 aromatic rings. The number of aromatic nitrogens is 2. The third-order valence-corrected chi connectivity index (χ3v) is 7.47.